The van der Waals surface area contributed by atoms with Gasteiger partial charge in [0.05, 0.1) is 4.92 Å². The van der Waals surface area contributed by atoms with Gasteiger partial charge in [-0.2, -0.15) is 0 Å². The number of benzene rings is 2. The van der Waals surface area contributed by atoms with Gasteiger partial charge in [0, 0.05) is 15.7 Å². The van der Waals surface area contributed by atoms with Gasteiger partial charge in [-0.05, 0) is 64.4 Å². The second kappa shape index (κ2) is 4.83. The van der Waals surface area contributed by atoms with Crippen LogP contribution in [0.25, 0.3) is 11.1 Å². The molecule has 0 atom stereocenters. The van der Waals surface area contributed by atoms with Crippen LogP contribution in [0.1, 0.15) is 5.56 Å². The number of hydrogen-bond donors (Lipinski definition) is 0. The van der Waals surface area contributed by atoms with Crippen LogP contribution in [-0.4, -0.2) is 4.92 Å². The van der Waals surface area contributed by atoms with Crippen molar-refractivity contribution in [1.29, 1.82) is 0 Å². The first-order valence-corrected chi connectivity index (χ1v) is 6.08. The predicted molar refractivity (Wildman–Crippen MR) is 74.8 cm³/mol. The molecule has 0 aromatic heterocycles. The summed E-state index contributed by atoms with van der Waals surface area (Å²) < 4.78 is 1.06. The molecule has 0 unspecified atom stereocenters. The maximum atomic E-state index is 10.7. The Morgan fingerprint density at radius 2 is 2.12 bits per heavy atom. The Bertz CT molecular complexity index is 581. The van der Waals surface area contributed by atoms with Gasteiger partial charge in [0.2, 0.25) is 0 Å². The fourth-order valence-corrected chi connectivity index (χ4v) is 2.10. The molecule has 3 nitrogen and oxygen atoms in total. The minimum absolute atomic E-state index is 0.112. The zero-order valence-corrected chi connectivity index (χ0v) is 11.3. The lowest BCUT2D eigenvalue weighted by Crippen LogP contribution is -1.90. The molecule has 0 saturated heterocycles. The quantitative estimate of drug-likeness (QED) is 0.472. The van der Waals surface area contributed by atoms with E-state index in [-0.39, 0.29) is 10.6 Å². The van der Waals surface area contributed by atoms with Gasteiger partial charge in [-0.3, -0.25) is 10.1 Å². The average molecular weight is 338 g/mol. The lowest BCUT2D eigenvalue weighted by atomic mass is 10.0. The fraction of sp³-hybridized carbons (Fsp3) is 0.0769. The Labute approximate surface area is 113 Å². The third-order valence-electron chi connectivity index (χ3n) is 2.48. The van der Waals surface area contributed by atoms with Crippen LogP contribution in [0.2, 0.25) is 0 Å². The van der Waals surface area contributed by atoms with Gasteiger partial charge in [0.25, 0.3) is 5.69 Å². The van der Waals surface area contributed by atoms with Crippen molar-refractivity contribution in [2.75, 3.05) is 0 Å². The van der Waals surface area contributed by atoms with Gasteiger partial charge in [0.15, 0.2) is 0 Å². The molecule has 2 aromatic rings. The highest BCUT2D eigenvalue weighted by atomic mass is 127. The topological polar surface area (TPSA) is 43.1 Å². The predicted octanol–water partition coefficient (Wildman–Crippen LogP) is 3.98. The van der Waals surface area contributed by atoms with E-state index in [2.05, 4.69) is 28.7 Å². The Hall–Kier alpha value is -1.43. The third kappa shape index (κ3) is 2.63. The summed E-state index contributed by atoms with van der Waals surface area (Å²) in [5, 5.41) is 10.7. The zero-order valence-electron chi connectivity index (χ0n) is 9.11. The van der Waals surface area contributed by atoms with E-state index in [1.807, 2.05) is 25.1 Å². The standard InChI is InChI=1S/C13H9INO2/c1-9-5-6-11(14)8-13(9)10-3-2-4-12(7-10)15(16)17/h2-4,6-8H,1H3. The van der Waals surface area contributed by atoms with Gasteiger partial charge in [-0.15, -0.1) is 0 Å². The minimum Gasteiger partial charge on any atom is -0.258 e. The van der Waals surface area contributed by atoms with Crippen LogP contribution >= 0.6 is 22.6 Å². The molecule has 2 rings (SSSR count). The number of rotatable bonds is 2. The number of nitro groups is 1. The monoisotopic (exact) mass is 338 g/mol. The average Bonchev–Trinajstić information content (AvgIpc) is 2.32. The smallest absolute Gasteiger partial charge is 0.258 e. The molecular weight excluding hydrogens is 329 g/mol. The van der Waals surface area contributed by atoms with E-state index in [9.17, 15) is 10.1 Å². The largest absolute Gasteiger partial charge is 0.270 e. The molecule has 85 valence electrons. The molecule has 0 saturated carbocycles. The van der Waals surface area contributed by atoms with E-state index < -0.39 is 0 Å². The SMILES string of the molecule is Cc1[c]cc(I)cc1-c1cccc([N+](=O)[O-])c1. The third-order valence-corrected chi connectivity index (χ3v) is 3.10. The van der Waals surface area contributed by atoms with E-state index in [0.29, 0.717) is 0 Å². The first-order chi connectivity index (χ1) is 8.08. The molecule has 0 spiro atoms. The first-order valence-electron chi connectivity index (χ1n) is 5.00. The lowest BCUT2D eigenvalue weighted by molar-refractivity contribution is -0.384. The highest BCUT2D eigenvalue weighted by molar-refractivity contribution is 14.1. The number of non-ortho nitro benzene ring substituents is 1. The highest BCUT2D eigenvalue weighted by Crippen LogP contribution is 2.27. The van der Waals surface area contributed by atoms with E-state index >= 15 is 0 Å². The summed E-state index contributed by atoms with van der Waals surface area (Å²) in [7, 11) is 0. The molecule has 1 radical (unpaired) electrons. The van der Waals surface area contributed by atoms with E-state index in [1.165, 1.54) is 6.07 Å². The summed E-state index contributed by atoms with van der Waals surface area (Å²) in [4.78, 5) is 10.4. The Morgan fingerprint density at radius 3 is 2.82 bits per heavy atom. The Kier molecular flexibility index (Phi) is 3.42. The number of nitrogens with zero attached hydrogens (tertiary/aromatic N) is 1. The maximum absolute atomic E-state index is 10.7. The summed E-state index contributed by atoms with van der Waals surface area (Å²) in [6, 6.07) is 13.7. The lowest BCUT2D eigenvalue weighted by Gasteiger charge is -2.06. The van der Waals surface area contributed by atoms with E-state index in [4.69, 9.17) is 0 Å². The molecular formula is C13H9INO2. The number of aryl methyl sites for hydroxylation is 1. The molecule has 0 fully saturated rings. The van der Waals surface area contributed by atoms with Gasteiger partial charge in [0.1, 0.15) is 0 Å². The molecule has 0 aliphatic rings. The van der Waals surface area contributed by atoms with Crippen molar-refractivity contribution >= 4 is 28.3 Å². The molecule has 0 amide bonds. The normalized spacial score (nSPS) is 10.2. The number of nitro benzene ring substituents is 1. The van der Waals surface area contributed by atoms with Crippen LogP contribution in [0.4, 0.5) is 5.69 Å². The van der Waals surface area contributed by atoms with Crippen molar-refractivity contribution in [3.8, 4) is 11.1 Å². The summed E-state index contributed by atoms with van der Waals surface area (Å²) >= 11 is 2.21. The van der Waals surface area contributed by atoms with Crippen LogP contribution in [0.15, 0.2) is 36.4 Å². The molecule has 2 aromatic carbocycles. The first kappa shape index (κ1) is 12.0. The molecule has 0 aliphatic carbocycles. The number of hydrogen-bond acceptors (Lipinski definition) is 2. The van der Waals surface area contributed by atoms with Gasteiger partial charge in [-0.1, -0.05) is 12.1 Å². The van der Waals surface area contributed by atoms with Gasteiger partial charge in [-0.25, -0.2) is 0 Å². The zero-order chi connectivity index (χ0) is 12.4. The molecule has 17 heavy (non-hydrogen) atoms. The van der Waals surface area contributed by atoms with E-state index in [0.717, 1.165) is 20.3 Å². The molecule has 4 heteroatoms. The van der Waals surface area contributed by atoms with Gasteiger partial charge >= 0.3 is 0 Å². The summed E-state index contributed by atoms with van der Waals surface area (Å²) in [6.07, 6.45) is 0. The van der Waals surface area contributed by atoms with Crippen LogP contribution in [0.5, 0.6) is 0 Å². The van der Waals surface area contributed by atoms with Crippen molar-refractivity contribution in [3.63, 3.8) is 0 Å². The highest BCUT2D eigenvalue weighted by Gasteiger charge is 2.09. The van der Waals surface area contributed by atoms with Crippen LogP contribution in [-0.2, 0) is 0 Å². The summed E-state index contributed by atoms with van der Waals surface area (Å²) in [5.41, 5.74) is 2.94. The fourth-order valence-electron chi connectivity index (χ4n) is 1.63. The molecule has 0 aliphatic heterocycles. The summed E-state index contributed by atoms with van der Waals surface area (Å²) in [5.74, 6) is 0. The van der Waals surface area contributed by atoms with Crippen molar-refractivity contribution in [3.05, 3.63) is 61.7 Å². The minimum atomic E-state index is -0.379. The van der Waals surface area contributed by atoms with E-state index in [1.54, 1.807) is 12.1 Å². The Balaban J connectivity index is 2.56. The number of halogens is 1. The molecule has 0 bridgehead atoms. The molecule has 0 N–H and O–H groups in total. The Morgan fingerprint density at radius 1 is 1.35 bits per heavy atom. The van der Waals surface area contributed by atoms with Crippen molar-refractivity contribution in [1.82, 2.24) is 0 Å². The molecule has 0 heterocycles. The van der Waals surface area contributed by atoms with Crippen LogP contribution < -0.4 is 0 Å². The van der Waals surface area contributed by atoms with Gasteiger partial charge < -0.3 is 0 Å². The second-order valence-electron chi connectivity index (χ2n) is 3.66. The van der Waals surface area contributed by atoms with Crippen molar-refractivity contribution < 1.29 is 4.92 Å². The maximum Gasteiger partial charge on any atom is 0.270 e. The van der Waals surface area contributed by atoms with Crippen molar-refractivity contribution in [2.45, 2.75) is 6.92 Å². The van der Waals surface area contributed by atoms with Crippen LogP contribution in [0, 0.1) is 26.7 Å². The second-order valence-corrected chi connectivity index (χ2v) is 4.91. The van der Waals surface area contributed by atoms with Crippen molar-refractivity contribution in [2.24, 2.45) is 0 Å². The van der Waals surface area contributed by atoms with Crippen LogP contribution in [0.3, 0.4) is 0 Å². The summed E-state index contributed by atoms with van der Waals surface area (Å²) in [6.45, 7) is 1.95.